The van der Waals surface area contributed by atoms with Crippen LogP contribution in [0.5, 0.6) is 5.75 Å². The Morgan fingerprint density at radius 3 is 2.45 bits per heavy atom. The highest BCUT2D eigenvalue weighted by molar-refractivity contribution is 7.92. The number of aryl methyl sites for hydroxylation is 1. The number of nitrogens with one attached hydrogen (secondary N) is 1. The Kier molecular flexibility index (Phi) is 7.87. The number of hydrogen-bond acceptors (Lipinski definition) is 6. The molecule has 0 bridgehead atoms. The Hall–Kier alpha value is -3.55. The third-order valence-corrected chi connectivity index (χ3v) is 7.70. The maximum atomic E-state index is 13.8. The Bertz CT molecular complexity index is 1350. The molecular formula is C24H26F4N2O7S. The van der Waals surface area contributed by atoms with Crippen molar-refractivity contribution in [3.05, 3.63) is 47.8 Å². The molecule has 38 heavy (non-hydrogen) atoms. The van der Waals surface area contributed by atoms with Gasteiger partial charge in [0.1, 0.15) is 17.7 Å². The second-order valence-corrected chi connectivity index (χ2v) is 11.2. The molecule has 0 radical (unpaired) electrons. The first-order chi connectivity index (χ1) is 17.4. The van der Waals surface area contributed by atoms with Crippen molar-refractivity contribution in [1.29, 1.82) is 0 Å². The van der Waals surface area contributed by atoms with E-state index in [0.717, 1.165) is 22.5 Å². The lowest BCUT2D eigenvalue weighted by Crippen LogP contribution is -2.45. The predicted octanol–water partition coefficient (Wildman–Crippen LogP) is 5.09. The fraction of sp³-hybridized carbons (Fsp3) is 0.417. The Morgan fingerprint density at radius 2 is 1.87 bits per heavy atom. The molecule has 2 N–H and O–H groups in total. The van der Waals surface area contributed by atoms with Crippen LogP contribution >= 0.6 is 0 Å². The molecule has 0 saturated carbocycles. The molecule has 1 heterocycles. The van der Waals surface area contributed by atoms with E-state index >= 15 is 0 Å². The van der Waals surface area contributed by atoms with E-state index in [4.69, 9.17) is 4.74 Å². The number of amides is 1. The van der Waals surface area contributed by atoms with Crippen molar-refractivity contribution in [3.63, 3.8) is 0 Å². The zero-order chi connectivity index (χ0) is 28.6. The monoisotopic (exact) mass is 562 g/mol. The van der Waals surface area contributed by atoms with Crippen LogP contribution in [0.4, 0.5) is 33.7 Å². The average Bonchev–Trinajstić information content (AvgIpc) is 2.79. The second-order valence-electron chi connectivity index (χ2n) is 9.37. The predicted molar refractivity (Wildman–Crippen MR) is 128 cm³/mol. The van der Waals surface area contributed by atoms with E-state index in [9.17, 15) is 40.7 Å². The van der Waals surface area contributed by atoms with Gasteiger partial charge in [-0.1, -0.05) is 6.92 Å². The summed E-state index contributed by atoms with van der Waals surface area (Å²) in [6, 6.07) is 6.91. The first kappa shape index (κ1) is 29.0. The van der Waals surface area contributed by atoms with E-state index in [1.165, 1.54) is 32.0 Å². The third-order valence-electron chi connectivity index (χ3n) is 5.92. The van der Waals surface area contributed by atoms with Crippen molar-refractivity contribution in [2.75, 3.05) is 16.2 Å². The van der Waals surface area contributed by atoms with E-state index in [2.05, 4.69) is 10.1 Å². The van der Waals surface area contributed by atoms with E-state index in [-0.39, 0.29) is 40.5 Å². The lowest BCUT2D eigenvalue weighted by molar-refractivity contribution is -0.242. The van der Waals surface area contributed by atoms with Gasteiger partial charge >= 0.3 is 18.2 Å². The van der Waals surface area contributed by atoms with Crippen LogP contribution in [-0.2, 0) is 19.6 Å². The topological polar surface area (TPSA) is 122 Å². The Morgan fingerprint density at radius 1 is 1.21 bits per heavy atom. The normalized spacial score (nSPS) is 16.7. The van der Waals surface area contributed by atoms with Gasteiger partial charge in [-0.05, 0) is 69.2 Å². The minimum absolute atomic E-state index is 0.0239. The SMILES string of the molecule is Cc1cc(S(=O)(=O)N2C[C@H](C[C@H](C)C(=O)O)Oc3ccc(NC(=O)OC(C)(C)C(F)(F)F)cc32)ccc1F. The number of sulfonamides is 1. The number of anilines is 2. The van der Waals surface area contributed by atoms with Crippen LogP contribution in [0.2, 0.25) is 0 Å². The number of alkyl halides is 3. The van der Waals surface area contributed by atoms with E-state index in [1.807, 2.05) is 0 Å². The van der Waals surface area contributed by atoms with Crippen LogP contribution in [0, 0.1) is 18.7 Å². The average molecular weight is 563 g/mol. The molecule has 1 amide bonds. The smallest absolute Gasteiger partial charge is 0.427 e. The molecule has 0 fully saturated rings. The summed E-state index contributed by atoms with van der Waals surface area (Å²) in [5, 5.41) is 11.4. The van der Waals surface area contributed by atoms with Crippen LogP contribution in [0.1, 0.15) is 32.8 Å². The molecule has 2 aromatic rings. The Labute approximate surface area is 216 Å². The largest absolute Gasteiger partial charge is 0.486 e. The molecule has 3 rings (SSSR count). The van der Waals surface area contributed by atoms with Gasteiger partial charge in [0, 0.05) is 5.69 Å². The molecule has 0 aliphatic carbocycles. The van der Waals surface area contributed by atoms with Gasteiger partial charge in [0.15, 0.2) is 0 Å². The summed E-state index contributed by atoms with van der Waals surface area (Å²) in [6.07, 6.45) is -7.18. The first-order valence-electron chi connectivity index (χ1n) is 11.3. The summed E-state index contributed by atoms with van der Waals surface area (Å²) in [5.74, 6) is -2.57. The maximum Gasteiger partial charge on any atom is 0.427 e. The van der Waals surface area contributed by atoms with Gasteiger partial charge in [-0.2, -0.15) is 13.2 Å². The number of carboxylic acid groups (broad SMARTS) is 1. The molecule has 0 saturated heterocycles. The molecule has 1 aliphatic heterocycles. The zero-order valence-corrected chi connectivity index (χ0v) is 21.6. The van der Waals surface area contributed by atoms with Gasteiger partial charge in [-0.3, -0.25) is 14.4 Å². The fourth-order valence-corrected chi connectivity index (χ4v) is 5.16. The highest BCUT2D eigenvalue weighted by Gasteiger charge is 2.51. The van der Waals surface area contributed by atoms with Crippen LogP contribution in [0.25, 0.3) is 0 Å². The number of carbonyl (C=O) groups excluding carboxylic acids is 1. The first-order valence-corrected chi connectivity index (χ1v) is 12.8. The third kappa shape index (κ3) is 6.11. The molecule has 9 nitrogen and oxygen atoms in total. The molecule has 208 valence electrons. The molecule has 0 unspecified atom stereocenters. The van der Waals surface area contributed by atoms with E-state index < -0.39 is 51.7 Å². The number of benzene rings is 2. The van der Waals surface area contributed by atoms with Crippen LogP contribution in [0.15, 0.2) is 41.3 Å². The number of aliphatic carboxylic acids is 1. The van der Waals surface area contributed by atoms with E-state index in [0.29, 0.717) is 13.8 Å². The fourth-order valence-electron chi connectivity index (χ4n) is 3.57. The number of halogens is 4. The second kappa shape index (κ2) is 10.3. The number of carboxylic acids is 1. The summed E-state index contributed by atoms with van der Waals surface area (Å²) in [7, 11) is -4.35. The minimum Gasteiger partial charge on any atom is -0.486 e. The quantitative estimate of drug-likeness (QED) is 0.451. The Balaban J connectivity index is 1.99. The van der Waals surface area contributed by atoms with Crippen molar-refractivity contribution in [1.82, 2.24) is 0 Å². The summed E-state index contributed by atoms with van der Waals surface area (Å²) < 4.78 is 91.5. The number of ether oxygens (including phenoxy) is 2. The van der Waals surface area contributed by atoms with Crippen molar-refractivity contribution in [2.45, 2.75) is 56.9 Å². The summed E-state index contributed by atoms with van der Waals surface area (Å²) in [4.78, 5) is 23.3. The number of carbonyl (C=O) groups is 2. The maximum absolute atomic E-state index is 13.8. The number of fused-ring (bicyclic) bond motifs is 1. The van der Waals surface area contributed by atoms with Crippen molar-refractivity contribution in [2.24, 2.45) is 5.92 Å². The molecular weight excluding hydrogens is 536 g/mol. The number of hydrogen-bond donors (Lipinski definition) is 2. The molecule has 0 aromatic heterocycles. The van der Waals surface area contributed by atoms with Crippen LogP contribution in [0.3, 0.4) is 0 Å². The highest BCUT2D eigenvalue weighted by atomic mass is 32.2. The molecule has 2 aromatic carbocycles. The molecule has 0 spiro atoms. The van der Waals surface area contributed by atoms with Gasteiger partial charge in [0.25, 0.3) is 10.0 Å². The number of rotatable bonds is 7. The lowest BCUT2D eigenvalue weighted by Gasteiger charge is -2.36. The zero-order valence-electron chi connectivity index (χ0n) is 20.8. The minimum atomic E-state index is -4.84. The number of nitrogens with zero attached hydrogens (tertiary/aromatic N) is 1. The van der Waals surface area contributed by atoms with Gasteiger partial charge in [-0.25, -0.2) is 17.6 Å². The van der Waals surface area contributed by atoms with Gasteiger partial charge < -0.3 is 14.6 Å². The van der Waals surface area contributed by atoms with E-state index in [1.54, 1.807) is 0 Å². The summed E-state index contributed by atoms with van der Waals surface area (Å²) >= 11 is 0. The lowest BCUT2D eigenvalue weighted by atomic mass is 10.0. The van der Waals surface area contributed by atoms with Gasteiger partial charge in [0.05, 0.1) is 23.0 Å². The summed E-state index contributed by atoms with van der Waals surface area (Å²) in [5.41, 5.74) is -2.89. The molecule has 14 heteroatoms. The van der Waals surface area contributed by atoms with Crippen molar-refractivity contribution in [3.8, 4) is 5.75 Å². The standard InChI is InChI=1S/C24H26F4N2O7S/c1-13-10-17(6-7-18(13)25)38(34,35)30-12-16(9-14(2)21(31)32)36-20-8-5-15(11-19(20)30)29-22(33)37-23(3,4)24(26,27)28/h5-8,10-11,14,16H,9,12H2,1-4H3,(H,29,33)(H,31,32)/t14-,16-/m0/s1. The van der Waals surface area contributed by atoms with Crippen LogP contribution < -0.4 is 14.4 Å². The van der Waals surface area contributed by atoms with Crippen molar-refractivity contribution >= 4 is 33.5 Å². The van der Waals surface area contributed by atoms with Gasteiger partial charge in [0.2, 0.25) is 5.60 Å². The van der Waals surface area contributed by atoms with Gasteiger partial charge in [-0.15, -0.1) is 0 Å². The molecule has 1 aliphatic rings. The van der Waals surface area contributed by atoms with Crippen LogP contribution in [-0.4, -0.2) is 50.0 Å². The summed E-state index contributed by atoms with van der Waals surface area (Å²) in [6.45, 7) is 3.84. The highest BCUT2D eigenvalue weighted by Crippen LogP contribution is 2.40. The molecule has 2 atom stereocenters. The van der Waals surface area contributed by atoms with Crippen molar-refractivity contribution < 1.29 is 50.1 Å².